The van der Waals surface area contributed by atoms with Crippen LogP contribution in [0.5, 0.6) is 5.75 Å². The number of halogens is 2. The van der Waals surface area contributed by atoms with Gasteiger partial charge >= 0.3 is 5.97 Å². The molecule has 0 aromatic heterocycles. The fourth-order valence-electron chi connectivity index (χ4n) is 7.02. The van der Waals surface area contributed by atoms with Crippen LogP contribution in [-0.2, 0) is 19.4 Å². The van der Waals surface area contributed by atoms with E-state index >= 15 is 9.18 Å². The van der Waals surface area contributed by atoms with Gasteiger partial charge in [-0.15, -0.1) is 0 Å². The number of hydrogen-bond acceptors (Lipinski definition) is 6. The fraction of sp³-hybridized carbons (Fsp3) is 0.447. The lowest BCUT2D eigenvalue weighted by Gasteiger charge is -2.52. The molecule has 4 atom stereocenters. The van der Waals surface area contributed by atoms with Crippen molar-refractivity contribution < 1.29 is 37.0 Å². The summed E-state index contributed by atoms with van der Waals surface area (Å²) < 4.78 is 46.9. The van der Waals surface area contributed by atoms with Gasteiger partial charge < -0.3 is 20.1 Å². The molecule has 2 aliphatic rings. The average Bonchev–Trinajstić information content (AvgIpc) is 3.87. The summed E-state index contributed by atoms with van der Waals surface area (Å²) in [5.74, 6) is -3.47. The van der Waals surface area contributed by atoms with Crippen molar-refractivity contribution in [1.29, 1.82) is 0 Å². The highest BCUT2D eigenvalue weighted by molar-refractivity contribution is 7.92. The highest BCUT2D eigenvalue weighted by Gasteiger charge is 2.55. The Morgan fingerprint density at radius 3 is 2.38 bits per heavy atom. The smallest absolute Gasteiger partial charge is 0.339 e. The molecule has 3 aromatic carbocycles. The number of sulfone groups is 1. The largest absolute Gasteiger partial charge is 0.496 e. The predicted octanol–water partition coefficient (Wildman–Crippen LogP) is 7.58. The minimum absolute atomic E-state index is 0.0614. The van der Waals surface area contributed by atoms with E-state index in [1.807, 2.05) is 31.2 Å². The van der Waals surface area contributed by atoms with Crippen LogP contribution in [0.1, 0.15) is 92.4 Å². The van der Waals surface area contributed by atoms with Gasteiger partial charge in [0, 0.05) is 30.1 Å². The molecule has 1 aliphatic heterocycles. The van der Waals surface area contributed by atoms with Gasteiger partial charge in [-0.1, -0.05) is 54.4 Å². The monoisotopic (exact) mass is 726 g/mol. The first-order chi connectivity index (χ1) is 23.3. The number of carbonyl (C=O) groups is 3. The number of anilines is 1. The maximum Gasteiger partial charge on any atom is 0.339 e. The van der Waals surface area contributed by atoms with Crippen LogP contribution in [0.2, 0.25) is 5.02 Å². The van der Waals surface area contributed by atoms with E-state index in [1.165, 1.54) is 37.4 Å². The third-order valence-electron chi connectivity index (χ3n) is 9.97. The summed E-state index contributed by atoms with van der Waals surface area (Å²) in [6.07, 6.45) is 1.42. The van der Waals surface area contributed by atoms with E-state index in [1.54, 1.807) is 38.7 Å². The van der Waals surface area contributed by atoms with E-state index in [9.17, 15) is 23.1 Å². The second-order valence-electron chi connectivity index (χ2n) is 14.9. The van der Waals surface area contributed by atoms with Crippen molar-refractivity contribution in [1.82, 2.24) is 4.90 Å². The zero-order valence-corrected chi connectivity index (χ0v) is 30.7. The Morgan fingerprint density at radius 2 is 1.80 bits per heavy atom. The molecule has 0 bridgehead atoms. The lowest BCUT2D eigenvalue weighted by molar-refractivity contribution is -0.156. The van der Waals surface area contributed by atoms with E-state index in [2.05, 4.69) is 5.32 Å². The third kappa shape index (κ3) is 7.68. The summed E-state index contributed by atoms with van der Waals surface area (Å²) >= 11 is 6.12. The summed E-state index contributed by atoms with van der Waals surface area (Å²) in [5, 5.41) is 12.2. The average molecular weight is 727 g/mol. The number of benzene rings is 3. The van der Waals surface area contributed by atoms with Gasteiger partial charge in [0.15, 0.2) is 9.84 Å². The Kier molecular flexibility index (Phi) is 10.4. The van der Waals surface area contributed by atoms with Crippen molar-refractivity contribution >= 4 is 44.9 Å². The molecule has 2 fully saturated rings. The van der Waals surface area contributed by atoms with Crippen molar-refractivity contribution in [3.63, 3.8) is 0 Å². The summed E-state index contributed by atoms with van der Waals surface area (Å²) in [4.78, 5) is 42.1. The molecular formula is C38H44ClFN2O7S. The van der Waals surface area contributed by atoms with E-state index < -0.39 is 61.6 Å². The molecule has 268 valence electrons. The number of methoxy groups -OCH3 is 1. The van der Waals surface area contributed by atoms with Crippen LogP contribution < -0.4 is 10.1 Å². The van der Waals surface area contributed by atoms with Gasteiger partial charge in [-0.3, -0.25) is 9.59 Å². The number of hydrogen-bond donors (Lipinski definition) is 2. The molecule has 1 saturated carbocycles. The van der Waals surface area contributed by atoms with Gasteiger partial charge in [0.2, 0.25) is 11.8 Å². The topological polar surface area (TPSA) is 130 Å². The second-order valence-corrected chi connectivity index (χ2v) is 18.1. The fourth-order valence-corrected chi connectivity index (χ4v) is 8.52. The number of carboxylic acid groups (broad SMARTS) is 1. The summed E-state index contributed by atoms with van der Waals surface area (Å²) in [7, 11) is -2.40. The molecule has 0 radical (unpaired) electrons. The maximum atomic E-state index is 15.2. The standard InChI is InChI=1S/C38H44ClFN2O7S/c1-22-8-7-9-24(16-22)28-19-38(5,20-33(43)41-26-13-14-27(35(44)45)32(18-26)49-6)36(46)42(34(28)25-12-15-29(39)30(40)17-25)31(23-10-11-23)21-50(47,48)37(2,3)4/h7-9,12-18,23,28,31,34H,10-11,19-21H2,1-6H3,(H,41,43)(H,44,45)/t28-,31-,34-,38-/m1/s1. The molecule has 0 unspecified atom stereocenters. The number of carboxylic acids is 1. The van der Waals surface area contributed by atoms with Crippen LogP contribution in [0.25, 0.3) is 0 Å². The Morgan fingerprint density at radius 1 is 1.10 bits per heavy atom. The van der Waals surface area contributed by atoms with Gasteiger partial charge in [0.1, 0.15) is 17.1 Å². The predicted molar refractivity (Wildman–Crippen MR) is 191 cm³/mol. The van der Waals surface area contributed by atoms with Crippen LogP contribution in [0.15, 0.2) is 60.7 Å². The van der Waals surface area contributed by atoms with E-state index in [4.69, 9.17) is 16.3 Å². The molecule has 2 amide bonds. The third-order valence-corrected chi connectivity index (χ3v) is 12.9. The van der Waals surface area contributed by atoms with Crippen molar-refractivity contribution in [3.05, 3.63) is 93.8 Å². The van der Waals surface area contributed by atoms with Gasteiger partial charge in [0.25, 0.3) is 0 Å². The number of rotatable bonds is 11. The molecule has 3 aromatic rings. The molecule has 12 heteroatoms. The summed E-state index contributed by atoms with van der Waals surface area (Å²) in [6, 6.07) is 15.0. The molecular weight excluding hydrogens is 683 g/mol. The maximum absolute atomic E-state index is 15.2. The van der Waals surface area contributed by atoms with Crippen LogP contribution >= 0.6 is 11.6 Å². The summed E-state index contributed by atoms with van der Waals surface area (Å²) in [6.45, 7) is 8.58. The van der Waals surface area contributed by atoms with Gasteiger partial charge in [-0.05, 0) is 88.3 Å². The highest BCUT2D eigenvalue weighted by atomic mass is 35.5. The zero-order valence-electron chi connectivity index (χ0n) is 29.1. The van der Waals surface area contributed by atoms with E-state index in [0.717, 1.165) is 24.0 Å². The van der Waals surface area contributed by atoms with Crippen molar-refractivity contribution in [3.8, 4) is 5.75 Å². The van der Waals surface area contributed by atoms with Crippen LogP contribution in [0, 0.1) is 24.1 Å². The first kappa shape index (κ1) is 37.3. The Labute approximate surface area is 298 Å². The molecule has 1 heterocycles. The van der Waals surface area contributed by atoms with Crippen molar-refractivity contribution in [2.75, 3.05) is 18.2 Å². The molecule has 9 nitrogen and oxygen atoms in total. The van der Waals surface area contributed by atoms with Crippen LogP contribution in [0.3, 0.4) is 0 Å². The molecule has 2 N–H and O–H groups in total. The number of nitrogens with one attached hydrogen (secondary N) is 1. The van der Waals surface area contributed by atoms with Crippen LogP contribution in [-0.4, -0.2) is 59.9 Å². The quantitative estimate of drug-likeness (QED) is 0.208. The summed E-state index contributed by atoms with van der Waals surface area (Å²) in [5.41, 5.74) is 1.25. The first-order valence-corrected chi connectivity index (χ1v) is 18.7. The number of aromatic carboxylic acids is 1. The van der Waals surface area contributed by atoms with E-state index in [0.29, 0.717) is 5.56 Å². The number of nitrogens with zero attached hydrogens (tertiary/aromatic N) is 1. The van der Waals surface area contributed by atoms with E-state index in [-0.39, 0.29) is 46.5 Å². The Bertz CT molecular complexity index is 1920. The lowest BCUT2D eigenvalue weighted by atomic mass is 9.66. The minimum Gasteiger partial charge on any atom is -0.496 e. The van der Waals surface area contributed by atoms with Gasteiger partial charge in [-0.2, -0.15) is 0 Å². The number of amides is 2. The van der Waals surface area contributed by atoms with Gasteiger partial charge in [-0.25, -0.2) is 17.6 Å². The minimum atomic E-state index is -3.72. The Hall–Kier alpha value is -3.96. The first-order valence-electron chi connectivity index (χ1n) is 16.6. The van der Waals surface area contributed by atoms with Crippen molar-refractivity contribution in [2.45, 2.75) is 83.1 Å². The second kappa shape index (κ2) is 14.0. The number of aryl methyl sites for hydroxylation is 1. The normalized spacial score (nSPS) is 21.8. The molecule has 1 aliphatic carbocycles. The SMILES string of the molecule is COc1cc(NC(=O)C[C@@]2(C)C[C@H](c3cccc(C)c3)[C@@H](c3ccc(Cl)c(F)c3)N([C@H](CS(=O)(=O)C(C)(C)C)C3CC3)C2=O)ccc1C(=O)O. The highest BCUT2D eigenvalue weighted by Crippen LogP contribution is 2.54. The molecule has 1 saturated heterocycles. The molecule has 5 rings (SSSR count). The van der Waals surface area contributed by atoms with Crippen molar-refractivity contribution in [2.24, 2.45) is 11.3 Å². The number of likely N-dealkylation sites (tertiary alicyclic amines) is 1. The molecule has 0 spiro atoms. The number of ether oxygens (including phenoxy) is 1. The lowest BCUT2D eigenvalue weighted by Crippen LogP contribution is -2.59. The Balaban J connectivity index is 1.63. The molecule has 50 heavy (non-hydrogen) atoms. The van der Waals surface area contributed by atoms with Crippen LogP contribution in [0.4, 0.5) is 10.1 Å². The number of piperidine rings is 1. The number of carbonyl (C=O) groups excluding carboxylic acids is 2. The zero-order chi connectivity index (χ0) is 36.8. The van der Waals surface area contributed by atoms with Gasteiger partial charge in [0.05, 0.1) is 34.1 Å².